The van der Waals surface area contributed by atoms with E-state index in [1.807, 2.05) is 6.26 Å². The number of thioether (sulfide) groups is 1. The van der Waals surface area contributed by atoms with Crippen LogP contribution in [-0.2, 0) is 15.0 Å². The number of nitrogens with zero attached hydrogens (tertiary/aromatic N) is 2. The minimum absolute atomic E-state index is 0.106. The van der Waals surface area contributed by atoms with Gasteiger partial charge in [0.1, 0.15) is 12.4 Å². The maximum absolute atomic E-state index is 12.9. The number of hydrogen-bond donors (Lipinski definition) is 1. The molecule has 0 amide bonds. The number of ether oxygens (including phenoxy) is 1. The Hall–Kier alpha value is -1.65. The molecule has 0 aliphatic rings. The van der Waals surface area contributed by atoms with Crippen LogP contribution in [0, 0.1) is 0 Å². The Kier molecular flexibility index (Phi) is 6.42. The normalized spacial score (nSPS) is 11.4. The van der Waals surface area contributed by atoms with E-state index in [1.165, 1.54) is 31.1 Å². The van der Waals surface area contributed by atoms with Crippen molar-refractivity contribution in [2.24, 2.45) is 0 Å². The molecule has 0 fully saturated rings. The summed E-state index contributed by atoms with van der Waals surface area (Å²) in [7, 11) is -3.45. The summed E-state index contributed by atoms with van der Waals surface area (Å²) >= 11 is 7.27. The molecule has 0 radical (unpaired) electrons. The third-order valence-corrected chi connectivity index (χ3v) is 5.06. The number of hydrogen-bond acceptors (Lipinski definition) is 6. The molecule has 25 heavy (non-hydrogen) atoms. The van der Waals surface area contributed by atoms with Gasteiger partial charge in [0.2, 0.25) is 5.78 Å². The molecule has 0 unspecified atom stereocenters. The lowest BCUT2D eigenvalue weighted by Crippen LogP contribution is -2.33. The molecule has 1 N–H and O–H groups in total. The maximum Gasteiger partial charge on any atom is 0.362 e. The molecule has 134 valence electrons. The van der Waals surface area contributed by atoms with Crippen LogP contribution in [0.1, 0.15) is 16.1 Å². The van der Waals surface area contributed by atoms with Crippen molar-refractivity contribution in [3.8, 4) is 0 Å². The standard InChI is InChI=1S/C15H15ClN2O5S2/c1-23-9-18(25(20,21)22)12-7-10(16)8-17-14(12)15(19)11-5-3-4-6-13(11)24-2/h3-8H,9H2,1-2H3,(H,20,21,22). The number of ketones is 1. The van der Waals surface area contributed by atoms with Crippen molar-refractivity contribution in [1.29, 1.82) is 0 Å². The second-order valence-electron chi connectivity index (χ2n) is 4.79. The fourth-order valence-corrected chi connectivity index (χ4v) is 3.50. The predicted molar refractivity (Wildman–Crippen MR) is 96.8 cm³/mol. The monoisotopic (exact) mass is 402 g/mol. The number of halogens is 1. The number of aromatic nitrogens is 1. The fourth-order valence-electron chi connectivity index (χ4n) is 2.13. The van der Waals surface area contributed by atoms with Crippen LogP contribution >= 0.6 is 23.4 Å². The smallest absolute Gasteiger partial charge is 0.362 e. The molecule has 0 aliphatic carbocycles. The maximum atomic E-state index is 12.9. The molecule has 1 aromatic carbocycles. The number of benzene rings is 1. The molecule has 7 nitrogen and oxygen atoms in total. The van der Waals surface area contributed by atoms with Crippen molar-refractivity contribution in [1.82, 2.24) is 4.98 Å². The van der Waals surface area contributed by atoms with Crippen LogP contribution in [0.3, 0.4) is 0 Å². The van der Waals surface area contributed by atoms with Crippen molar-refractivity contribution >= 4 is 45.1 Å². The SMILES string of the molecule is COCN(c1cc(Cl)cnc1C(=O)c1ccccc1SC)S(=O)(=O)O. The molecule has 2 aromatic rings. The molecule has 1 heterocycles. The number of carbonyl (C=O) groups excluding carboxylic acids is 1. The molecule has 0 saturated carbocycles. The molecule has 2 rings (SSSR count). The summed E-state index contributed by atoms with van der Waals surface area (Å²) in [5, 5.41) is 0.106. The summed E-state index contributed by atoms with van der Waals surface area (Å²) < 4.78 is 38.2. The first-order valence-electron chi connectivity index (χ1n) is 6.87. The third kappa shape index (κ3) is 4.50. The van der Waals surface area contributed by atoms with Gasteiger partial charge in [-0.3, -0.25) is 9.35 Å². The van der Waals surface area contributed by atoms with Crippen LogP contribution in [-0.4, -0.2) is 43.8 Å². The molecule has 0 saturated heterocycles. The number of carbonyl (C=O) groups is 1. The molecule has 0 bridgehead atoms. The molecule has 1 aromatic heterocycles. The van der Waals surface area contributed by atoms with Gasteiger partial charge in [0.15, 0.2) is 0 Å². The van der Waals surface area contributed by atoms with E-state index < -0.39 is 22.8 Å². The lowest BCUT2D eigenvalue weighted by atomic mass is 10.1. The van der Waals surface area contributed by atoms with Gasteiger partial charge in [-0.15, -0.1) is 11.8 Å². The fraction of sp³-hybridized carbons (Fsp3) is 0.200. The van der Waals surface area contributed by atoms with Crippen LogP contribution < -0.4 is 4.31 Å². The zero-order valence-electron chi connectivity index (χ0n) is 13.3. The number of pyridine rings is 1. The Morgan fingerprint density at radius 3 is 2.68 bits per heavy atom. The van der Waals surface area contributed by atoms with Crippen LogP contribution in [0.2, 0.25) is 5.02 Å². The Balaban J connectivity index is 2.64. The minimum atomic E-state index is -4.70. The van der Waals surface area contributed by atoms with E-state index >= 15 is 0 Å². The highest BCUT2D eigenvalue weighted by Gasteiger charge is 2.27. The van der Waals surface area contributed by atoms with Gasteiger partial charge in [-0.1, -0.05) is 23.7 Å². The van der Waals surface area contributed by atoms with Gasteiger partial charge in [0, 0.05) is 23.8 Å². The van der Waals surface area contributed by atoms with E-state index in [0.717, 1.165) is 0 Å². The molecule has 0 atom stereocenters. The Morgan fingerprint density at radius 2 is 2.08 bits per heavy atom. The highest BCUT2D eigenvalue weighted by Crippen LogP contribution is 2.29. The molecular formula is C15H15ClN2O5S2. The van der Waals surface area contributed by atoms with Gasteiger partial charge in [-0.2, -0.15) is 8.42 Å². The Labute approximate surface area is 154 Å². The lowest BCUT2D eigenvalue weighted by Gasteiger charge is -2.22. The van der Waals surface area contributed by atoms with Crippen molar-refractivity contribution in [2.75, 3.05) is 24.4 Å². The zero-order valence-corrected chi connectivity index (χ0v) is 15.7. The third-order valence-electron chi connectivity index (χ3n) is 3.19. The van der Waals surface area contributed by atoms with E-state index in [1.54, 1.807) is 24.3 Å². The highest BCUT2D eigenvalue weighted by atomic mass is 35.5. The van der Waals surface area contributed by atoms with E-state index in [9.17, 15) is 17.8 Å². The summed E-state index contributed by atoms with van der Waals surface area (Å²) in [6, 6.07) is 8.09. The average Bonchev–Trinajstić information content (AvgIpc) is 2.58. The zero-order chi connectivity index (χ0) is 18.6. The number of anilines is 1. The summed E-state index contributed by atoms with van der Waals surface area (Å²) in [5.74, 6) is -0.499. The number of rotatable bonds is 7. The Bertz CT molecular complexity index is 889. The van der Waals surface area contributed by atoms with Gasteiger partial charge < -0.3 is 4.74 Å². The number of methoxy groups -OCH3 is 1. The molecular weight excluding hydrogens is 388 g/mol. The predicted octanol–water partition coefficient (Wildman–Crippen LogP) is 2.90. The van der Waals surface area contributed by atoms with Crippen LogP contribution in [0.25, 0.3) is 0 Å². The topological polar surface area (TPSA) is 96.8 Å². The van der Waals surface area contributed by atoms with E-state index in [4.69, 9.17) is 16.3 Å². The van der Waals surface area contributed by atoms with E-state index in [-0.39, 0.29) is 16.4 Å². The largest absolute Gasteiger partial charge is 0.363 e. The molecule has 0 aliphatic heterocycles. The highest BCUT2D eigenvalue weighted by molar-refractivity contribution is 7.98. The summed E-state index contributed by atoms with van der Waals surface area (Å²) in [6.07, 6.45) is 3.05. The van der Waals surface area contributed by atoms with Crippen molar-refractivity contribution in [3.05, 3.63) is 52.8 Å². The second-order valence-corrected chi connectivity index (χ2v) is 7.42. The second kappa shape index (κ2) is 8.15. The van der Waals surface area contributed by atoms with Gasteiger partial charge in [0.05, 0.1) is 10.7 Å². The molecule has 0 spiro atoms. The molecule has 10 heteroatoms. The van der Waals surface area contributed by atoms with E-state index in [2.05, 4.69) is 4.98 Å². The van der Waals surface area contributed by atoms with Crippen molar-refractivity contribution in [2.45, 2.75) is 4.90 Å². The van der Waals surface area contributed by atoms with Crippen molar-refractivity contribution in [3.63, 3.8) is 0 Å². The first kappa shape index (κ1) is 19.7. The van der Waals surface area contributed by atoms with Gasteiger partial charge >= 0.3 is 10.3 Å². The van der Waals surface area contributed by atoms with Gasteiger partial charge in [-0.25, -0.2) is 9.29 Å². The van der Waals surface area contributed by atoms with Crippen LogP contribution in [0.4, 0.5) is 5.69 Å². The quantitative estimate of drug-likeness (QED) is 0.329. The van der Waals surface area contributed by atoms with Gasteiger partial charge in [0.25, 0.3) is 0 Å². The lowest BCUT2D eigenvalue weighted by molar-refractivity contribution is 0.103. The first-order chi connectivity index (χ1) is 11.8. The first-order valence-corrected chi connectivity index (χ1v) is 9.87. The van der Waals surface area contributed by atoms with Crippen LogP contribution in [0.15, 0.2) is 41.4 Å². The summed E-state index contributed by atoms with van der Waals surface area (Å²) in [6.45, 7) is -0.509. The average molecular weight is 403 g/mol. The van der Waals surface area contributed by atoms with Crippen molar-refractivity contribution < 1.29 is 22.5 Å². The Morgan fingerprint density at radius 1 is 1.40 bits per heavy atom. The summed E-state index contributed by atoms with van der Waals surface area (Å²) in [5.41, 5.74) is 0.0251. The van der Waals surface area contributed by atoms with Gasteiger partial charge in [-0.05, 0) is 24.5 Å². The summed E-state index contributed by atoms with van der Waals surface area (Å²) in [4.78, 5) is 17.6. The van der Waals surface area contributed by atoms with Crippen LogP contribution in [0.5, 0.6) is 0 Å². The minimum Gasteiger partial charge on any atom is -0.363 e. The van der Waals surface area contributed by atoms with E-state index in [0.29, 0.717) is 14.8 Å².